The van der Waals surface area contributed by atoms with Gasteiger partial charge in [-0.05, 0) is 61.3 Å². The summed E-state index contributed by atoms with van der Waals surface area (Å²) in [4.78, 5) is 53.5. The molecule has 1 heterocycles. The van der Waals surface area contributed by atoms with Crippen molar-refractivity contribution in [3.05, 3.63) is 64.7 Å². The van der Waals surface area contributed by atoms with Gasteiger partial charge in [0.15, 0.2) is 6.61 Å². The summed E-state index contributed by atoms with van der Waals surface area (Å²) in [7, 11) is 0. The summed E-state index contributed by atoms with van der Waals surface area (Å²) >= 11 is 6.10. The van der Waals surface area contributed by atoms with Crippen molar-refractivity contribution in [2.45, 2.75) is 38.6 Å². The number of hydrogen-bond donors (Lipinski definition) is 1. The predicted octanol–water partition coefficient (Wildman–Crippen LogP) is 3.77. The van der Waals surface area contributed by atoms with Crippen LogP contribution in [0.5, 0.6) is 0 Å². The highest BCUT2D eigenvalue weighted by Gasteiger charge is 2.62. The second kappa shape index (κ2) is 9.46. The Labute approximate surface area is 208 Å². The lowest BCUT2D eigenvalue weighted by molar-refractivity contribution is -0.160. The lowest BCUT2D eigenvalue weighted by Gasteiger charge is -2.26. The Morgan fingerprint density at radius 1 is 1.06 bits per heavy atom. The second-order valence-corrected chi connectivity index (χ2v) is 10.2. The Morgan fingerprint density at radius 3 is 2.34 bits per heavy atom. The van der Waals surface area contributed by atoms with Crippen molar-refractivity contribution in [1.29, 1.82) is 0 Å². The average molecular weight is 495 g/mol. The number of carbonyl (C=O) groups is 4. The number of amides is 3. The zero-order valence-electron chi connectivity index (χ0n) is 19.4. The number of carbonyl (C=O) groups excluding carboxylic acids is 4. The Hall–Kier alpha value is -3.19. The van der Waals surface area contributed by atoms with E-state index in [1.54, 1.807) is 18.2 Å². The molecule has 3 aliphatic rings. The van der Waals surface area contributed by atoms with Crippen LogP contribution in [0.3, 0.4) is 0 Å². The van der Waals surface area contributed by atoms with Crippen LogP contribution in [-0.4, -0.2) is 41.2 Å². The first kappa shape index (κ1) is 23.5. The van der Waals surface area contributed by atoms with Crippen molar-refractivity contribution in [2.75, 3.05) is 11.9 Å². The van der Waals surface area contributed by atoms with Crippen LogP contribution in [0, 0.1) is 30.6 Å². The van der Waals surface area contributed by atoms with Crippen LogP contribution in [-0.2, 0) is 30.3 Å². The van der Waals surface area contributed by atoms with E-state index in [-0.39, 0.29) is 41.9 Å². The van der Waals surface area contributed by atoms with E-state index in [0.717, 1.165) is 35.3 Å². The maximum absolute atomic E-state index is 13.4. The van der Waals surface area contributed by atoms with Gasteiger partial charge in [-0.2, -0.15) is 0 Å². The quantitative estimate of drug-likeness (QED) is 0.467. The van der Waals surface area contributed by atoms with Crippen LogP contribution in [0.15, 0.2) is 48.5 Å². The number of imide groups is 1. The zero-order chi connectivity index (χ0) is 24.7. The number of nitrogens with one attached hydrogen (secondary N) is 1. The molecule has 1 saturated heterocycles. The van der Waals surface area contributed by atoms with Crippen LogP contribution < -0.4 is 5.32 Å². The molecule has 2 aromatic rings. The van der Waals surface area contributed by atoms with Gasteiger partial charge in [0.05, 0.1) is 11.8 Å². The number of aryl methyl sites for hydroxylation is 1. The minimum absolute atomic E-state index is 0.140. The molecule has 5 atom stereocenters. The highest BCUT2D eigenvalue weighted by molar-refractivity contribution is 6.31. The van der Waals surface area contributed by atoms with Gasteiger partial charge in [0, 0.05) is 17.1 Å². The number of ether oxygens (including phenoxy) is 1. The van der Waals surface area contributed by atoms with E-state index in [1.807, 2.05) is 37.3 Å². The lowest BCUT2D eigenvalue weighted by atomic mass is 9.81. The van der Waals surface area contributed by atoms with Crippen molar-refractivity contribution in [3.63, 3.8) is 0 Å². The third kappa shape index (κ3) is 4.45. The van der Waals surface area contributed by atoms with Crippen LogP contribution in [0.4, 0.5) is 5.69 Å². The number of rotatable bonds is 7. The number of likely N-dealkylation sites (tertiary alicyclic amines) is 1. The summed E-state index contributed by atoms with van der Waals surface area (Å²) in [5, 5.41) is 3.15. The fraction of sp³-hybridized carbons (Fsp3) is 0.407. The number of halogens is 1. The van der Waals surface area contributed by atoms with E-state index in [1.165, 1.54) is 0 Å². The third-order valence-corrected chi connectivity index (χ3v) is 8.03. The molecule has 2 aromatic carbocycles. The summed E-state index contributed by atoms with van der Waals surface area (Å²) < 4.78 is 5.33. The number of hydrogen-bond acceptors (Lipinski definition) is 5. The van der Waals surface area contributed by atoms with Gasteiger partial charge in [-0.1, -0.05) is 48.0 Å². The molecule has 2 aliphatic carbocycles. The zero-order valence-corrected chi connectivity index (χ0v) is 20.2. The van der Waals surface area contributed by atoms with Crippen molar-refractivity contribution < 1.29 is 23.9 Å². The number of nitrogens with zero attached hydrogens (tertiary/aromatic N) is 1. The minimum Gasteiger partial charge on any atom is -0.454 e. The molecule has 0 unspecified atom stereocenters. The monoisotopic (exact) mass is 494 g/mol. The molecule has 2 bridgehead atoms. The van der Waals surface area contributed by atoms with Crippen LogP contribution in [0.25, 0.3) is 0 Å². The summed E-state index contributed by atoms with van der Waals surface area (Å²) in [6.45, 7) is 1.31. The molecule has 5 rings (SSSR count). The minimum atomic E-state index is -1.11. The molecule has 0 spiro atoms. The van der Waals surface area contributed by atoms with Gasteiger partial charge in [0.2, 0.25) is 11.8 Å². The first-order chi connectivity index (χ1) is 16.8. The first-order valence-corrected chi connectivity index (χ1v) is 12.3. The van der Waals surface area contributed by atoms with E-state index < -0.39 is 24.5 Å². The Morgan fingerprint density at radius 2 is 1.71 bits per heavy atom. The maximum atomic E-state index is 13.4. The highest BCUT2D eigenvalue weighted by Crippen LogP contribution is 2.56. The van der Waals surface area contributed by atoms with Gasteiger partial charge in [0.1, 0.15) is 6.04 Å². The fourth-order valence-corrected chi connectivity index (χ4v) is 6.14. The topological polar surface area (TPSA) is 92.8 Å². The molecule has 2 saturated carbocycles. The van der Waals surface area contributed by atoms with Gasteiger partial charge in [-0.3, -0.25) is 19.3 Å². The van der Waals surface area contributed by atoms with Gasteiger partial charge < -0.3 is 10.1 Å². The molecular formula is C27H27ClN2O5. The molecule has 3 fully saturated rings. The number of esters is 1. The van der Waals surface area contributed by atoms with Gasteiger partial charge in [0.25, 0.3) is 5.91 Å². The lowest BCUT2D eigenvalue weighted by Crippen LogP contribution is -2.48. The molecular weight excluding hydrogens is 468 g/mol. The molecule has 3 amide bonds. The van der Waals surface area contributed by atoms with Crippen molar-refractivity contribution in [2.24, 2.45) is 23.7 Å². The van der Waals surface area contributed by atoms with Crippen LogP contribution in [0.2, 0.25) is 5.02 Å². The molecule has 0 radical (unpaired) electrons. The van der Waals surface area contributed by atoms with Crippen molar-refractivity contribution in [1.82, 2.24) is 4.90 Å². The molecule has 1 N–H and O–H groups in total. The molecule has 1 aliphatic heterocycles. The number of anilines is 1. The summed E-state index contributed by atoms with van der Waals surface area (Å²) in [6, 6.07) is 13.2. The SMILES string of the molecule is Cc1ccc(NC(=O)COC(=O)[C@H](Cc2ccccc2)N2C(=O)[C@@H]3[C@H]4CC[C@@H](C4)[C@H]3C2=O)cc1Cl. The van der Waals surface area contributed by atoms with Crippen LogP contribution in [0.1, 0.15) is 30.4 Å². The van der Waals surface area contributed by atoms with E-state index in [2.05, 4.69) is 5.32 Å². The second-order valence-electron chi connectivity index (χ2n) is 9.76. The summed E-state index contributed by atoms with van der Waals surface area (Å²) in [5.41, 5.74) is 2.16. The highest BCUT2D eigenvalue weighted by atomic mass is 35.5. The van der Waals surface area contributed by atoms with E-state index in [4.69, 9.17) is 16.3 Å². The van der Waals surface area contributed by atoms with E-state index in [0.29, 0.717) is 10.7 Å². The van der Waals surface area contributed by atoms with Gasteiger partial charge in [-0.25, -0.2) is 4.79 Å². The molecule has 8 heteroatoms. The van der Waals surface area contributed by atoms with Gasteiger partial charge in [-0.15, -0.1) is 0 Å². The van der Waals surface area contributed by atoms with E-state index >= 15 is 0 Å². The largest absolute Gasteiger partial charge is 0.454 e. The fourth-order valence-electron chi connectivity index (χ4n) is 5.96. The Kier molecular flexibility index (Phi) is 6.36. The van der Waals surface area contributed by atoms with Crippen molar-refractivity contribution >= 4 is 41.0 Å². The maximum Gasteiger partial charge on any atom is 0.330 e. The number of fused-ring (bicyclic) bond motifs is 5. The summed E-state index contributed by atoms with van der Waals surface area (Å²) in [6.07, 6.45) is 2.96. The molecule has 7 nitrogen and oxygen atoms in total. The molecule has 182 valence electrons. The first-order valence-electron chi connectivity index (χ1n) is 12.0. The number of benzene rings is 2. The Bertz CT molecular complexity index is 1160. The Balaban J connectivity index is 1.31. The predicted molar refractivity (Wildman–Crippen MR) is 129 cm³/mol. The van der Waals surface area contributed by atoms with E-state index in [9.17, 15) is 19.2 Å². The average Bonchev–Trinajstić information content (AvgIpc) is 3.53. The normalized spacial score (nSPS) is 25.5. The molecule has 0 aromatic heterocycles. The smallest absolute Gasteiger partial charge is 0.330 e. The molecule has 35 heavy (non-hydrogen) atoms. The summed E-state index contributed by atoms with van der Waals surface area (Å²) in [5.74, 6) is -2.08. The third-order valence-electron chi connectivity index (χ3n) is 7.62. The van der Waals surface area contributed by atoms with Crippen molar-refractivity contribution in [3.8, 4) is 0 Å². The van der Waals surface area contributed by atoms with Gasteiger partial charge >= 0.3 is 5.97 Å². The van der Waals surface area contributed by atoms with Crippen LogP contribution >= 0.6 is 11.6 Å². The standard InChI is InChI=1S/C27H27ClN2O5/c1-15-7-10-19(13-20(15)28)29-22(31)14-35-27(34)21(11-16-5-3-2-4-6-16)30-25(32)23-17-8-9-18(12-17)24(23)26(30)33/h2-7,10,13,17-18,21,23-24H,8-9,11-12,14H2,1H3,(H,29,31)/t17-,18-,21-,23+,24+/m0/s1.